The monoisotopic (exact) mass is 459 g/mol. The summed E-state index contributed by atoms with van der Waals surface area (Å²) in [5.74, 6) is 0.633. The lowest BCUT2D eigenvalue weighted by Crippen LogP contribution is -2.30. The van der Waals surface area contributed by atoms with Gasteiger partial charge in [0.2, 0.25) is 0 Å². The van der Waals surface area contributed by atoms with Gasteiger partial charge < -0.3 is 24.8 Å². The van der Waals surface area contributed by atoms with Crippen LogP contribution < -0.4 is 5.32 Å². The quantitative estimate of drug-likeness (QED) is 0.372. The molecule has 8 nitrogen and oxygen atoms in total. The second-order valence-electron chi connectivity index (χ2n) is 8.11. The molecule has 0 amide bonds. The van der Waals surface area contributed by atoms with Crippen LogP contribution in [0.4, 0.5) is 11.5 Å². The maximum absolute atomic E-state index is 10.6. The summed E-state index contributed by atoms with van der Waals surface area (Å²) in [6.07, 6.45) is 0.0891. The fraction of sp³-hybridized carbons (Fsp3) is 0.208. The number of nitrogens with zero attached hydrogens (tertiary/aromatic N) is 4. The molecule has 5 aromatic rings. The molecule has 1 fully saturated rings. The predicted molar refractivity (Wildman–Crippen MR) is 127 cm³/mol. The van der Waals surface area contributed by atoms with Gasteiger partial charge >= 0.3 is 0 Å². The molecule has 166 valence electrons. The normalized spacial score (nSPS) is 22.9. The summed E-state index contributed by atoms with van der Waals surface area (Å²) in [6.45, 7) is 1.74. The summed E-state index contributed by atoms with van der Waals surface area (Å²) >= 11 is 1.60. The van der Waals surface area contributed by atoms with Crippen LogP contribution in [-0.4, -0.2) is 48.0 Å². The lowest BCUT2D eigenvalue weighted by Gasteiger charge is -2.17. The lowest BCUT2D eigenvalue weighted by atomic mass is 10.1. The van der Waals surface area contributed by atoms with Crippen LogP contribution in [0.5, 0.6) is 0 Å². The molecule has 0 spiro atoms. The molecule has 0 bridgehead atoms. The molecule has 1 saturated heterocycles. The van der Waals surface area contributed by atoms with E-state index in [1.54, 1.807) is 22.8 Å². The van der Waals surface area contributed by atoms with E-state index in [2.05, 4.69) is 20.3 Å². The molecule has 0 aliphatic carbocycles. The number of fused-ring (bicyclic) bond motifs is 2. The molecule has 3 N–H and O–H groups in total. The Balaban J connectivity index is 1.52. The highest BCUT2D eigenvalue weighted by Crippen LogP contribution is 2.39. The van der Waals surface area contributed by atoms with E-state index in [9.17, 15) is 10.2 Å². The summed E-state index contributed by atoms with van der Waals surface area (Å²) in [5.41, 5.74) is 6.09. The van der Waals surface area contributed by atoms with Crippen LogP contribution >= 0.6 is 11.3 Å². The first kappa shape index (κ1) is 20.3. The van der Waals surface area contributed by atoms with Crippen molar-refractivity contribution in [2.45, 2.75) is 31.5 Å². The van der Waals surface area contributed by atoms with Crippen LogP contribution in [0.15, 0.2) is 66.6 Å². The van der Waals surface area contributed by atoms with Gasteiger partial charge in [-0.15, -0.1) is 11.3 Å². The Morgan fingerprint density at radius 2 is 1.88 bits per heavy atom. The van der Waals surface area contributed by atoms with Crippen LogP contribution in [0.25, 0.3) is 32.4 Å². The van der Waals surface area contributed by atoms with Gasteiger partial charge in [-0.3, -0.25) is 0 Å². The zero-order valence-electron chi connectivity index (χ0n) is 17.7. The van der Waals surface area contributed by atoms with Gasteiger partial charge in [0.05, 0.1) is 27.2 Å². The minimum Gasteiger partial charge on any atom is -0.388 e. The topological polar surface area (TPSA) is 105 Å². The first-order valence-corrected chi connectivity index (χ1v) is 11.5. The average Bonchev–Trinajstić information content (AvgIpc) is 3.53. The molecular formula is C24H21N5O3S. The molecule has 2 aromatic carbocycles. The number of aromatic nitrogens is 4. The van der Waals surface area contributed by atoms with Gasteiger partial charge in [0.15, 0.2) is 6.23 Å². The Hall–Kier alpha value is -3.37. The van der Waals surface area contributed by atoms with Crippen LogP contribution in [0.2, 0.25) is 0 Å². The molecule has 4 heterocycles. The van der Waals surface area contributed by atoms with Gasteiger partial charge in [0.25, 0.3) is 0 Å². The van der Waals surface area contributed by atoms with Gasteiger partial charge in [0, 0.05) is 17.4 Å². The minimum atomic E-state index is -1.07. The first-order valence-electron chi connectivity index (χ1n) is 10.6. The summed E-state index contributed by atoms with van der Waals surface area (Å²) in [7, 11) is 0. The number of rotatable bonds is 4. The molecule has 0 unspecified atom stereocenters. The Kier molecular flexibility index (Phi) is 4.84. The van der Waals surface area contributed by atoms with Gasteiger partial charge in [-0.1, -0.05) is 30.3 Å². The van der Waals surface area contributed by atoms with E-state index >= 15 is 0 Å². The van der Waals surface area contributed by atoms with Crippen molar-refractivity contribution >= 4 is 44.1 Å². The first-order chi connectivity index (χ1) is 16.1. The van der Waals surface area contributed by atoms with Crippen LogP contribution in [0.1, 0.15) is 13.2 Å². The zero-order chi connectivity index (χ0) is 22.5. The van der Waals surface area contributed by atoms with Crippen molar-refractivity contribution in [2.75, 3.05) is 5.32 Å². The van der Waals surface area contributed by atoms with Crippen LogP contribution in [-0.2, 0) is 4.74 Å². The third kappa shape index (κ3) is 3.37. The number of thiazole rings is 1. The minimum absolute atomic E-state index is 0.494. The van der Waals surface area contributed by atoms with E-state index in [4.69, 9.17) is 4.74 Å². The number of benzene rings is 2. The van der Waals surface area contributed by atoms with Crippen LogP contribution in [0, 0.1) is 0 Å². The molecule has 9 heteroatoms. The van der Waals surface area contributed by atoms with Crippen molar-refractivity contribution in [2.24, 2.45) is 0 Å². The van der Waals surface area contributed by atoms with Crippen molar-refractivity contribution < 1.29 is 14.9 Å². The average molecular weight is 460 g/mol. The molecule has 1 aliphatic heterocycles. The Morgan fingerprint density at radius 1 is 1.03 bits per heavy atom. The summed E-state index contributed by atoms with van der Waals surface area (Å²) in [5, 5.41) is 25.1. The summed E-state index contributed by atoms with van der Waals surface area (Å²) < 4.78 is 8.80. The number of aliphatic hydroxyl groups is 2. The molecule has 3 aromatic heterocycles. The van der Waals surface area contributed by atoms with E-state index < -0.39 is 24.5 Å². The molecule has 0 radical (unpaired) electrons. The van der Waals surface area contributed by atoms with E-state index in [-0.39, 0.29) is 0 Å². The second kappa shape index (κ2) is 7.89. The Labute approximate surface area is 193 Å². The number of ether oxygens (including phenoxy) is 1. The molecule has 6 rings (SSSR count). The van der Waals surface area contributed by atoms with Crippen molar-refractivity contribution in [3.8, 4) is 11.1 Å². The van der Waals surface area contributed by atoms with E-state index in [0.717, 1.165) is 32.4 Å². The Morgan fingerprint density at radius 3 is 2.67 bits per heavy atom. The third-order valence-corrected chi connectivity index (χ3v) is 6.85. The Bertz CT molecular complexity index is 1450. The van der Waals surface area contributed by atoms with E-state index in [1.165, 1.54) is 6.33 Å². The fourth-order valence-corrected chi connectivity index (χ4v) is 5.00. The second-order valence-corrected chi connectivity index (χ2v) is 9.00. The summed E-state index contributed by atoms with van der Waals surface area (Å²) in [6, 6.07) is 15.9. The highest BCUT2D eigenvalue weighted by Gasteiger charge is 2.42. The number of nitrogens with one attached hydrogen (secondary N) is 1. The smallest absolute Gasteiger partial charge is 0.164 e. The number of hydrogen-bond donors (Lipinski definition) is 3. The SMILES string of the molecule is C[C@H]1O[C@@H](n2cc(-c3ccccc3)c3c(Nc4ccc5scnc5c4)ncnc32)[C@H](O)[C@@H]1O. The number of anilines is 2. The largest absolute Gasteiger partial charge is 0.388 e. The van der Waals surface area contributed by atoms with Crippen molar-refractivity contribution in [1.82, 2.24) is 19.5 Å². The highest BCUT2D eigenvalue weighted by molar-refractivity contribution is 7.16. The van der Waals surface area contributed by atoms with Gasteiger partial charge in [-0.05, 0) is 30.7 Å². The lowest BCUT2D eigenvalue weighted by molar-refractivity contribution is -0.0295. The number of aliphatic hydroxyl groups excluding tert-OH is 2. The molecular weight excluding hydrogens is 438 g/mol. The van der Waals surface area contributed by atoms with Crippen molar-refractivity contribution in [3.63, 3.8) is 0 Å². The standard InChI is InChI=1S/C24H21N5O3S/c1-13-20(30)21(31)24(32-13)29-10-16(14-5-3-2-4-6-14)19-22(25-11-26-23(19)29)28-15-7-8-18-17(9-15)27-12-33-18/h2-13,20-21,24,30-31H,1H3,(H,25,26,28)/t13-,20-,21-,24-/m1/s1. The summed E-state index contributed by atoms with van der Waals surface area (Å²) in [4.78, 5) is 13.5. The maximum Gasteiger partial charge on any atom is 0.164 e. The molecule has 4 atom stereocenters. The van der Waals surface area contributed by atoms with Crippen molar-refractivity contribution in [1.29, 1.82) is 0 Å². The zero-order valence-corrected chi connectivity index (χ0v) is 18.5. The van der Waals surface area contributed by atoms with Gasteiger partial charge in [-0.2, -0.15) is 0 Å². The van der Waals surface area contributed by atoms with Gasteiger partial charge in [0.1, 0.15) is 30.0 Å². The van der Waals surface area contributed by atoms with E-state index in [1.807, 2.05) is 60.2 Å². The highest BCUT2D eigenvalue weighted by atomic mass is 32.1. The molecule has 1 aliphatic rings. The van der Waals surface area contributed by atoms with Crippen molar-refractivity contribution in [3.05, 3.63) is 66.6 Å². The van der Waals surface area contributed by atoms with E-state index in [0.29, 0.717) is 11.5 Å². The predicted octanol–water partition coefficient (Wildman–Crippen LogP) is 4.09. The molecule has 33 heavy (non-hydrogen) atoms. The fourth-order valence-electron chi connectivity index (χ4n) is 4.34. The third-order valence-electron chi connectivity index (χ3n) is 6.04. The van der Waals surface area contributed by atoms with Gasteiger partial charge in [-0.25, -0.2) is 15.0 Å². The number of hydrogen-bond acceptors (Lipinski definition) is 8. The van der Waals surface area contributed by atoms with Crippen LogP contribution in [0.3, 0.4) is 0 Å². The maximum atomic E-state index is 10.6. The molecule has 0 saturated carbocycles.